The van der Waals surface area contributed by atoms with Gasteiger partial charge in [0.05, 0.1) is 5.69 Å². The van der Waals surface area contributed by atoms with Gasteiger partial charge >= 0.3 is 12.0 Å². The Morgan fingerprint density at radius 2 is 1.55 bits per heavy atom. The molecule has 0 spiro atoms. The number of aromatic amines is 2. The highest BCUT2D eigenvalue weighted by Gasteiger charge is 2.35. The molecule has 1 aliphatic rings. The number of urea groups is 1. The smallest absolute Gasteiger partial charge is 0.339 e. The fraction of sp³-hybridized carbons (Fsp3) is 0.139. The summed E-state index contributed by atoms with van der Waals surface area (Å²) in [6, 6.07) is 22.9. The van der Waals surface area contributed by atoms with E-state index in [1.807, 2.05) is 24.3 Å². The molecule has 1 atom stereocenters. The number of amides is 4. The molecule has 6 aromatic rings. The first-order valence-corrected chi connectivity index (χ1v) is 16.0. The molecule has 12 nitrogen and oxygen atoms in total. The molecular weight excluding hydrogens is 646 g/mol. The van der Waals surface area contributed by atoms with Crippen molar-refractivity contribution in [2.45, 2.75) is 19.8 Å². The highest BCUT2D eigenvalue weighted by Crippen LogP contribution is 2.46. The molecule has 4 amide bonds. The van der Waals surface area contributed by atoms with Gasteiger partial charge in [0.2, 0.25) is 0 Å². The largest absolute Gasteiger partial charge is 0.426 e. The van der Waals surface area contributed by atoms with Gasteiger partial charge in [-0.2, -0.15) is 5.10 Å². The third-order valence-electron chi connectivity index (χ3n) is 8.34. The average Bonchev–Trinajstić information content (AvgIpc) is 3.81. The molecule has 3 heterocycles. The van der Waals surface area contributed by atoms with Gasteiger partial charge in [0, 0.05) is 76.1 Å². The third-order valence-corrected chi connectivity index (χ3v) is 8.71. The number of esters is 1. The number of rotatable bonds is 7. The van der Waals surface area contributed by atoms with Crippen molar-refractivity contribution < 1.29 is 23.9 Å². The average molecular weight is 676 g/mol. The topological polar surface area (TPSA) is 161 Å². The molecule has 1 aliphatic heterocycles. The predicted octanol–water partition coefficient (Wildman–Crippen LogP) is 7.09. The van der Waals surface area contributed by atoms with E-state index in [1.165, 1.54) is 13.1 Å². The van der Waals surface area contributed by atoms with Gasteiger partial charge in [-0.15, -0.1) is 11.6 Å². The van der Waals surface area contributed by atoms with Crippen molar-refractivity contribution in [3.8, 4) is 5.75 Å². The van der Waals surface area contributed by atoms with E-state index in [4.69, 9.17) is 16.3 Å². The molecule has 5 N–H and O–H groups in total. The van der Waals surface area contributed by atoms with Crippen LogP contribution in [0.1, 0.15) is 46.3 Å². The first-order valence-electron chi connectivity index (χ1n) is 15.5. The van der Waals surface area contributed by atoms with E-state index in [9.17, 15) is 19.2 Å². The van der Waals surface area contributed by atoms with E-state index < -0.39 is 12.0 Å². The Morgan fingerprint density at radius 1 is 0.898 bits per heavy atom. The van der Waals surface area contributed by atoms with Gasteiger partial charge in [-0.05, 0) is 66.4 Å². The van der Waals surface area contributed by atoms with Crippen LogP contribution in [0, 0.1) is 0 Å². The van der Waals surface area contributed by atoms with Crippen molar-refractivity contribution in [2.24, 2.45) is 5.10 Å². The minimum atomic E-state index is -0.484. The molecule has 0 radical (unpaired) electrons. The van der Waals surface area contributed by atoms with Crippen LogP contribution in [0.3, 0.4) is 0 Å². The third kappa shape index (κ3) is 6.05. The molecule has 49 heavy (non-hydrogen) atoms. The van der Waals surface area contributed by atoms with Crippen LogP contribution in [0.15, 0.2) is 84.0 Å². The number of anilines is 3. The second-order valence-electron chi connectivity index (χ2n) is 11.6. The molecular formula is C36H30ClN7O5. The number of nitrogens with zero attached hydrogens (tertiary/aromatic N) is 2. The number of carbonyl (C=O) groups excluding carboxylic acids is 4. The number of hydrazone groups is 1. The van der Waals surface area contributed by atoms with Crippen molar-refractivity contribution in [2.75, 3.05) is 28.0 Å². The van der Waals surface area contributed by atoms with Gasteiger partial charge < -0.3 is 30.2 Å². The van der Waals surface area contributed by atoms with E-state index in [0.717, 1.165) is 32.6 Å². The summed E-state index contributed by atoms with van der Waals surface area (Å²) < 4.78 is 5.55. The van der Waals surface area contributed by atoms with Crippen LogP contribution in [0.4, 0.5) is 21.9 Å². The Hall–Kier alpha value is -6.14. The summed E-state index contributed by atoms with van der Waals surface area (Å²) in [6.07, 6.45) is 1.46. The van der Waals surface area contributed by atoms with Gasteiger partial charge in [0.1, 0.15) is 17.1 Å². The second-order valence-corrected chi connectivity index (χ2v) is 11.9. The van der Waals surface area contributed by atoms with Gasteiger partial charge in [0.25, 0.3) is 11.8 Å². The molecule has 1 unspecified atom stereocenters. The molecule has 0 aliphatic carbocycles. The Balaban J connectivity index is 1.12. The zero-order chi connectivity index (χ0) is 34.2. The molecule has 246 valence electrons. The van der Waals surface area contributed by atoms with Crippen LogP contribution in [0.2, 0.25) is 0 Å². The van der Waals surface area contributed by atoms with Crippen molar-refractivity contribution in [3.63, 3.8) is 0 Å². The van der Waals surface area contributed by atoms with Crippen LogP contribution in [0.5, 0.6) is 5.75 Å². The van der Waals surface area contributed by atoms with E-state index in [1.54, 1.807) is 66.4 Å². The number of ether oxygens (including phenoxy) is 1. The molecule has 0 bridgehead atoms. The summed E-state index contributed by atoms with van der Waals surface area (Å²) in [7, 11) is 0. The molecule has 7 rings (SSSR count). The highest BCUT2D eigenvalue weighted by molar-refractivity contribution is 6.19. The maximum Gasteiger partial charge on any atom is 0.339 e. The van der Waals surface area contributed by atoms with E-state index >= 15 is 0 Å². The zero-order valence-corrected chi connectivity index (χ0v) is 27.1. The van der Waals surface area contributed by atoms with Crippen molar-refractivity contribution >= 4 is 91.3 Å². The van der Waals surface area contributed by atoms with Crippen LogP contribution in [-0.2, 0) is 4.79 Å². The van der Waals surface area contributed by atoms with Gasteiger partial charge in [-0.25, -0.2) is 10.2 Å². The molecule has 0 fully saturated rings. The summed E-state index contributed by atoms with van der Waals surface area (Å²) >= 11 is 6.42. The molecule has 2 aromatic heterocycles. The highest BCUT2D eigenvalue weighted by atomic mass is 35.5. The van der Waals surface area contributed by atoms with Crippen LogP contribution in [-0.4, -0.2) is 52.4 Å². The summed E-state index contributed by atoms with van der Waals surface area (Å²) in [4.78, 5) is 59.0. The number of benzene rings is 4. The fourth-order valence-electron chi connectivity index (χ4n) is 6.25. The standard InChI is InChI=1S/C36H30ClN7O5/c1-3-38-43-36(48)40-24-9-11-27-20(13-24)14-29(41-27)34(46)39-23-8-10-28-21(12-23)15-30(42-28)35(47)44-18-22(17-37)33-26-7-5-4-6-25(26)32(16-31(33)44)49-19(2)45/h3-16,22,41-42H,17-18H2,1-2H3,(H,39,46)(H2,40,43,48)/b38-3+. The van der Waals surface area contributed by atoms with Gasteiger partial charge in [-0.1, -0.05) is 24.3 Å². The quantitative estimate of drug-likeness (QED) is 0.0401. The summed E-state index contributed by atoms with van der Waals surface area (Å²) in [5.74, 6) is -0.502. The molecule has 4 aromatic carbocycles. The summed E-state index contributed by atoms with van der Waals surface area (Å²) in [5, 5.41) is 12.4. The number of fused-ring (bicyclic) bond motifs is 5. The predicted molar refractivity (Wildman–Crippen MR) is 191 cm³/mol. The van der Waals surface area contributed by atoms with Crippen LogP contribution in [0.25, 0.3) is 32.6 Å². The molecule has 0 saturated carbocycles. The number of alkyl halides is 1. The lowest BCUT2D eigenvalue weighted by Crippen LogP contribution is -2.30. The monoisotopic (exact) mass is 675 g/mol. The lowest BCUT2D eigenvalue weighted by atomic mass is 9.95. The maximum absolute atomic E-state index is 14.0. The summed E-state index contributed by atoms with van der Waals surface area (Å²) in [6.45, 7) is 3.40. The fourth-order valence-corrected chi connectivity index (χ4v) is 6.51. The zero-order valence-electron chi connectivity index (χ0n) is 26.4. The summed E-state index contributed by atoms with van der Waals surface area (Å²) in [5.41, 5.74) is 7.13. The second kappa shape index (κ2) is 12.8. The van der Waals surface area contributed by atoms with Crippen LogP contribution < -0.4 is 25.7 Å². The van der Waals surface area contributed by atoms with Crippen LogP contribution >= 0.6 is 11.6 Å². The minimum Gasteiger partial charge on any atom is -0.426 e. The SMILES string of the molecule is C/C=N/NC(=O)Nc1ccc2[nH]c(C(=O)Nc3ccc4[nH]c(C(=O)N5CC(CCl)c6c5cc(OC(C)=O)c5ccccc65)cc4c3)cc2c1. The van der Waals surface area contributed by atoms with E-state index in [2.05, 4.69) is 31.1 Å². The van der Waals surface area contributed by atoms with E-state index in [0.29, 0.717) is 52.1 Å². The number of H-pyrrole nitrogens is 2. The number of hydrogen-bond acceptors (Lipinski definition) is 6. The lowest BCUT2D eigenvalue weighted by Gasteiger charge is -2.18. The Labute approximate surface area is 284 Å². The molecule has 13 heteroatoms. The Morgan fingerprint density at radius 3 is 2.22 bits per heavy atom. The maximum atomic E-state index is 14.0. The number of aromatic nitrogens is 2. The first kappa shape index (κ1) is 31.5. The molecule has 0 saturated heterocycles. The van der Waals surface area contributed by atoms with Gasteiger partial charge in [-0.3, -0.25) is 14.4 Å². The minimum absolute atomic E-state index is 0.115. The number of halogens is 1. The first-order chi connectivity index (χ1) is 23.7. The van der Waals surface area contributed by atoms with Crippen molar-refractivity contribution in [3.05, 3.63) is 95.8 Å². The number of hydrogen-bond donors (Lipinski definition) is 5. The van der Waals surface area contributed by atoms with Crippen molar-refractivity contribution in [1.29, 1.82) is 0 Å². The normalized spacial score (nSPS) is 14.0. The number of carbonyl (C=O) groups is 4. The lowest BCUT2D eigenvalue weighted by molar-refractivity contribution is -0.131. The Kier molecular flexibility index (Phi) is 8.22. The number of nitrogens with one attached hydrogen (secondary N) is 5. The van der Waals surface area contributed by atoms with E-state index in [-0.39, 0.29) is 17.7 Å². The van der Waals surface area contributed by atoms with Gasteiger partial charge in [0.15, 0.2) is 0 Å². The Bertz CT molecular complexity index is 2340. The van der Waals surface area contributed by atoms with Crippen molar-refractivity contribution in [1.82, 2.24) is 15.4 Å².